The summed E-state index contributed by atoms with van der Waals surface area (Å²) in [6.07, 6.45) is 3.49. The van der Waals surface area contributed by atoms with Gasteiger partial charge in [0.15, 0.2) is 0 Å². The number of hydrogen-bond donors (Lipinski definition) is 1. The largest absolute Gasteiger partial charge is 0.497 e. The molecule has 1 atom stereocenters. The Morgan fingerprint density at radius 2 is 2.00 bits per heavy atom. The Balaban J connectivity index is 0.00000196. The molecule has 0 bridgehead atoms. The van der Waals surface area contributed by atoms with Crippen molar-refractivity contribution in [2.24, 2.45) is 5.41 Å². The van der Waals surface area contributed by atoms with Crippen LogP contribution in [0.1, 0.15) is 35.2 Å². The molecule has 1 aliphatic carbocycles. The fourth-order valence-electron chi connectivity index (χ4n) is 4.03. The van der Waals surface area contributed by atoms with Crippen LogP contribution < -0.4 is 10.1 Å². The van der Waals surface area contributed by atoms with Gasteiger partial charge in [-0.25, -0.2) is 0 Å². The maximum Gasteiger partial charge on any atom is 0.254 e. The van der Waals surface area contributed by atoms with Crippen LogP contribution in [-0.2, 0) is 6.54 Å². The molecule has 1 aromatic carbocycles. The predicted molar refractivity (Wildman–Crippen MR) is 107 cm³/mol. The van der Waals surface area contributed by atoms with Gasteiger partial charge in [-0.15, -0.1) is 12.4 Å². The van der Waals surface area contributed by atoms with Crippen molar-refractivity contribution < 1.29 is 9.53 Å². The van der Waals surface area contributed by atoms with Gasteiger partial charge in [-0.2, -0.15) is 11.3 Å². The Kier molecular flexibility index (Phi) is 5.90. The van der Waals surface area contributed by atoms with Crippen LogP contribution >= 0.6 is 23.7 Å². The molecule has 140 valence electrons. The Morgan fingerprint density at radius 1 is 1.27 bits per heavy atom. The molecule has 1 saturated heterocycles. The molecule has 1 N–H and O–H groups in total. The summed E-state index contributed by atoms with van der Waals surface area (Å²) in [5.74, 6) is 0.913. The van der Waals surface area contributed by atoms with Crippen molar-refractivity contribution in [1.29, 1.82) is 0 Å². The number of thiophene rings is 1. The van der Waals surface area contributed by atoms with Gasteiger partial charge in [0, 0.05) is 18.2 Å². The van der Waals surface area contributed by atoms with Crippen molar-refractivity contribution in [2.75, 3.05) is 20.2 Å². The average Bonchev–Trinajstić information content (AvgIpc) is 3.08. The van der Waals surface area contributed by atoms with E-state index >= 15 is 0 Å². The first-order chi connectivity index (χ1) is 12.2. The Morgan fingerprint density at radius 3 is 2.62 bits per heavy atom. The van der Waals surface area contributed by atoms with E-state index < -0.39 is 0 Å². The molecule has 2 aromatic rings. The van der Waals surface area contributed by atoms with Gasteiger partial charge >= 0.3 is 0 Å². The van der Waals surface area contributed by atoms with Crippen molar-refractivity contribution in [3.8, 4) is 5.75 Å². The molecule has 2 aliphatic rings. The number of halogens is 1. The minimum Gasteiger partial charge on any atom is -0.497 e. The third kappa shape index (κ3) is 3.75. The van der Waals surface area contributed by atoms with Gasteiger partial charge < -0.3 is 15.0 Å². The van der Waals surface area contributed by atoms with E-state index in [1.807, 2.05) is 24.3 Å². The highest BCUT2D eigenvalue weighted by molar-refractivity contribution is 7.07. The number of methoxy groups -OCH3 is 1. The van der Waals surface area contributed by atoms with Gasteiger partial charge in [0.2, 0.25) is 0 Å². The lowest BCUT2D eigenvalue weighted by molar-refractivity contribution is 0.0692. The third-order valence-electron chi connectivity index (χ3n) is 5.65. The molecule has 4 nitrogen and oxygen atoms in total. The molecule has 1 unspecified atom stereocenters. The number of hydrogen-bond acceptors (Lipinski definition) is 4. The Bertz CT molecular complexity index is 727. The molecule has 2 heterocycles. The minimum atomic E-state index is 0. The maximum absolute atomic E-state index is 13.3. The molecule has 1 saturated carbocycles. The molecule has 4 rings (SSSR count). The number of nitrogens with zero attached hydrogens (tertiary/aromatic N) is 1. The van der Waals surface area contributed by atoms with E-state index in [1.54, 1.807) is 18.4 Å². The zero-order valence-corrected chi connectivity index (χ0v) is 16.6. The van der Waals surface area contributed by atoms with Crippen LogP contribution in [0, 0.1) is 5.41 Å². The number of amides is 1. The second-order valence-corrected chi connectivity index (χ2v) is 7.91. The Hall–Kier alpha value is -1.56. The lowest BCUT2D eigenvalue weighted by Crippen LogP contribution is -2.39. The van der Waals surface area contributed by atoms with Crippen LogP contribution in [0.4, 0.5) is 0 Å². The topological polar surface area (TPSA) is 41.6 Å². The smallest absolute Gasteiger partial charge is 0.254 e. The van der Waals surface area contributed by atoms with Crippen LogP contribution in [-0.4, -0.2) is 37.0 Å². The lowest BCUT2D eigenvalue weighted by Gasteiger charge is -2.29. The summed E-state index contributed by atoms with van der Waals surface area (Å²) in [5.41, 5.74) is 2.30. The molecule has 1 amide bonds. The van der Waals surface area contributed by atoms with Crippen molar-refractivity contribution in [1.82, 2.24) is 10.2 Å². The number of rotatable bonds is 5. The molecular formula is C20H25ClN2O2S. The molecule has 2 fully saturated rings. The van der Waals surface area contributed by atoms with Crippen molar-refractivity contribution >= 4 is 29.7 Å². The van der Waals surface area contributed by atoms with Crippen molar-refractivity contribution in [3.63, 3.8) is 0 Å². The predicted octanol–water partition coefficient (Wildman–Crippen LogP) is 3.96. The zero-order chi connectivity index (χ0) is 17.3. The van der Waals surface area contributed by atoms with E-state index in [1.165, 1.54) is 18.4 Å². The summed E-state index contributed by atoms with van der Waals surface area (Å²) < 4.78 is 5.21. The highest BCUT2D eigenvalue weighted by Crippen LogP contribution is 2.56. The molecule has 26 heavy (non-hydrogen) atoms. The molecule has 1 aliphatic heterocycles. The average molecular weight is 393 g/mol. The van der Waals surface area contributed by atoms with Crippen molar-refractivity contribution in [3.05, 3.63) is 52.2 Å². The molecule has 1 aromatic heterocycles. The molecule has 1 spiro atoms. The first-order valence-corrected chi connectivity index (χ1v) is 9.83. The van der Waals surface area contributed by atoms with Crippen LogP contribution in [0.3, 0.4) is 0 Å². The third-order valence-corrected chi connectivity index (χ3v) is 6.39. The van der Waals surface area contributed by atoms with E-state index in [0.29, 0.717) is 18.0 Å². The summed E-state index contributed by atoms with van der Waals surface area (Å²) >= 11 is 1.69. The standard InChI is InChI=1S/C20H24N2O2S.ClH/c1-24-17-4-2-16(3-5-17)19(23)22(13-15-6-11-25-14-15)18-12-20(18)7-9-21-10-8-20;/h2-6,11,14,18,21H,7-10,12-13H2,1H3;1H. The highest BCUT2D eigenvalue weighted by Gasteiger charge is 2.57. The number of carbonyl (C=O) groups excluding carboxylic acids is 1. The quantitative estimate of drug-likeness (QED) is 0.837. The maximum atomic E-state index is 13.3. The van der Waals surface area contributed by atoms with Gasteiger partial charge in [0.25, 0.3) is 5.91 Å². The van der Waals surface area contributed by atoms with Crippen LogP contribution in [0.25, 0.3) is 0 Å². The lowest BCUT2D eigenvalue weighted by atomic mass is 9.93. The SMILES string of the molecule is COc1ccc(C(=O)N(Cc2ccsc2)C2CC23CCNCC3)cc1.Cl. The molecule has 6 heteroatoms. The normalized spacial score (nSPS) is 20.3. The monoisotopic (exact) mass is 392 g/mol. The summed E-state index contributed by atoms with van der Waals surface area (Å²) in [5, 5.41) is 7.67. The first kappa shape index (κ1) is 19.2. The Labute approximate surface area is 165 Å². The van der Waals surface area contributed by atoms with E-state index in [-0.39, 0.29) is 18.3 Å². The van der Waals surface area contributed by atoms with Gasteiger partial charge in [-0.3, -0.25) is 4.79 Å². The van der Waals surface area contributed by atoms with Gasteiger partial charge in [0.05, 0.1) is 7.11 Å². The molecular weight excluding hydrogens is 368 g/mol. The zero-order valence-electron chi connectivity index (χ0n) is 14.9. The van der Waals surface area contributed by atoms with Gasteiger partial charge in [-0.05, 0) is 84.4 Å². The van der Waals surface area contributed by atoms with Gasteiger partial charge in [0.1, 0.15) is 5.75 Å². The number of carbonyl (C=O) groups is 1. The fraction of sp³-hybridized carbons (Fsp3) is 0.450. The summed E-state index contributed by atoms with van der Waals surface area (Å²) in [6, 6.07) is 9.96. The molecule has 0 radical (unpaired) electrons. The van der Waals surface area contributed by atoms with Crippen LogP contribution in [0.2, 0.25) is 0 Å². The second kappa shape index (κ2) is 7.99. The first-order valence-electron chi connectivity index (χ1n) is 8.89. The summed E-state index contributed by atoms with van der Waals surface area (Å²) in [6.45, 7) is 2.84. The second-order valence-electron chi connectivity index (χ2n) is 7.13. The summed E-state index contributed by atoms with van der Waals surface area (Å²) in [4.78, 5) is 15.4. The highest BCUT2D eigenvalue weighted by atomic mass is 35.5. The van der Waals surface area contributed by atoms with Crippen molar-refractivity contribution in [2.45, 2.75) is 31.8 Å². The van der Waals surface area contributed by atoms with E-state index in [9.17, 15) is 4.79 Å². The minimum absolute atomic E-state index is 0. The number of ether oxygens (including phenoxy) is 1. The number of piperidine rings is 1. The van der Waals surface area contributed by atoms with E-state index in [2.05, 4.69) is 27.0 Å². The van der Waals surface area contributed by atoms with Crippen LogP contribution in [0.15, 0.2) is 41.1 Å². The van der Waals surface area contributed by atoms with Gasteiger partial charge in [-0.1, -0.05) is 0 Å². The fourth-order valence-corrected chi connectivity index (χ4v) is 4.69. The van der Waals surface area contributed by atoms with E-state index in [0.717, 1.165) is 30.8 Å². The summed E-state index contributed by atoms with van der Waals surface area (Å²) in [7, 11) is 1.64. The number of nitrogens with one attached hydrogen (secondary N) is 1. The van der Waals surface area contributed by atoms with E-state index in [4.69, 9.17) is 4.74 Å². The number of benzene rings is 1. The van der Waals surface area contributed by atoms with Crippen LogP contribution in [0.5, 0.6) is 5.75 Å².